The maximum absolute atomic E-state index is 12.7. The molecule has 1 amide bonds. The molecule has 0 spiro atoms. The van der Waals surface area contributed by atoms with E-state index in [1.165, 1.54) is 12.7 Å². The van der Waals surface area contributed by atoms with Crippen LogP contribution in [0.15, 0.2) is 40.9 Å². The number of likely N-dealkylation sites (tertiary alicyclic amines) is 1. The van der Waals surface area contributed by atoms with Crippen molar-refractivity contribution in [2.45, 2.75) is 25.4 Å². The minimum absolute atomic E-state index is 0.135. The van der Waals surface area contributed by atoms with Gasteiger partial charge in [0.1, 0.15) is 5.75 Å². The van der Waals surface area contributed by atoms with Gasteiger partial charge in [-0.15, -0.1) is 0 Å². The highest BCUT2D eigenvalue weighted by Gasteiger charge is 2.23. The van der Waals surface area contributed by atoms with E-state index in [-0.39, 0.29) is 11.9 Å². The summed E-state index contributed by atoms with van der Waals surface area (Å²) >= 11 is 9.31. The summed E-state index contributed by atoms with van der Waals surface area (Å²) in [5, 5.41) is 3.88. The molecule has 1 aliphatic heterocycles. The van der Waals surface area contributed by atoms with E-state index in [1.54, 1.807) is 12.1 Å². The average molecular weight is 453 g/mol. The zero-order chi connectivity index (χ0) is 19.4. The molecular weight excluding hydrogens is 430 g/mol. The van der Waals surface area contributed by atoms with Crippen molar-refractivity contribution in [1.29, 1.82) is 0 Å². The molecule has 1 saturated heterocycles. The predicted molar refractivity (Wildman–Crippen MR) is 112 cm³/mol. The van der Waals surface area contributed by atoms with E-state index in [0.29, 0.717) is 21.5 Å². The summed E-state index contributed by atoms with van der Waals surface area (Å²) in [4.78, 5) is 15.1. The maximum Gasteiger partial charge on any atom is 0.255 e. The number of amides is 1. The van der Waals surface area contributed by atoms with Crippen molar-refractivity contribution >= 4 is 39.1 Å². The van der Waals surface area contributed by atoms with Gasteiger partial charge in [-0.25, -0.2) is 0 Å². The molecule has 1 aliphatic rings. The van der Waals surface area contributed by atoms with Crippen LogP contribution < -0.4 is 15.8 Å². The molecule has 0 bridgehead atoms. The second-order valence-electron chi connectivity index (χ2n) is 6.72. The van der Waals surface area contributed by atoms with Gasteiger partial charge in [-0.2, -0.15) is 0 Å². The molecule has 0 saturated carbocycles. The average Bonchev–Trinajstić information content (AvgIpc) is 2.67. The molecule has 1 fully saturated rings. The molecule has 0 unspecified atom stereocenters. The van der Waals surface area contributed by atoms with Crippen LogP contribution in [0.1, 0.15) is 28.8 Å². The number of carbonyl (C=O) groups is 1. The smallest absolute Gasteiger partial charge is 0.255 e. The number of rotatable bonds is 5. The Morgan fingerprint density at radius 3 is 2.59 bits per heavy atom. The van der Waals surface area contributed by atoms with E-state index < -0.39 is 0 Å². The number of ether oxygens (including phenoxy) is 1. The second-order valence-corrected chi connectivity index (χ2v) is 8.02. The standard InChI is InChI=1S/C20H23BrClN3O2/c1-27-19-11-18(23)17(21)10-16(19)20(26)24-15-6-8-25(9-7-15)12-13-2-4-14(22)5-3-13/h2-5,10-11,15H,6-9,12,23H2,1H3,(H,24,26). The number of nitrogens with zero attached hydrogens (tertiary/aromatic N) is 1. The van der Waals surface area contributed by atoms with Crippen molar-refractivity contribution in [1.82, 2.24) is 10.2 Å². The van der Waals surface area contributed by atoms with E-state index in [9.17, 15) is 4.79 Å². The van der Waals surface area contributed by atoms with Crippen molar-refractivity contribution in [3.8, 4) is 5.75 Å². The Labute approximate surface area is 172 Å². The summed E-state index contributed by atoms with van der Waals surface area (Å²) in [6, 6.07) is 11.5. The third-order valence-corrected chi connectivity index (χ3v) is 5.74. The number of piperidine rings is 1. The molecule has 2 aromatic carbocycles. The Morgan fingerprint density at radius 1 is 1.30 bits per heavy atom. The summed E-state index contributed by atoms with van der Waals surface area (Å²) in [5.41, 5.74) is 8.14. The molecule has 0 aromatic heterocycles. The lowest BCUT2D eigenvalue weighted by Crippen LogP contribution is -2.44. The topological polar surface area (TPSA) is 67.6 Å². The summed E-state index contributed by atoms with van der Waals surface area (Å²) in [5.74, 6) is 0.345. The minimum Gasteiger partial charge on any atom is -0.496 e. The third-order valence-electron chi connectivity index (χ3n) is 4.81. The molecule has 3 rings (SSSR count). The minimum atomic E-state index is -0.135. The van der Waals surface area contributed by atoms with E-state index in [4.69, 9.17) is 22.1 Å². The zero-order valence-electron chi connectivity index (χ0n) is 15.2. The number of methoxy groups -OCH3 is 1. The Morgan fingerprint density at radius 2 is 1.96 bits per heavy atom. The first kappa shape index (κ1) is 20.0. The summed E-state index contributed by atoms with van der Waals surface area (Å²) in [6.07, 6.45) is 1.83. The van der Waals surface area contributed by atoms with Gasteiger partial charge < -0.3 is 15.8 Å². The fraction of sp³-hybridized carbons (Fsp3) is 0.350. The van der Waals surface area contributed by atoms with E-state index in [1.807, 2.05) is 12.1 Å². The van der Waals surface area contributed by atoms with Gasteiger partial charge in [-0.1, -0.05) is 23.7 Å². The zero-order valence-corrected chi connectivity index (χ0v) is 17.5. The van der Waals surface area contributed by atoms with Gasteiger partial charge in [-0.05, 0) is 52.5 Å². The fourth-order valence-corrected chi connectivity index (χ4v) is 3.73. The maximum atomic E-state index is 12.7. The summed E-state index contributed by atoms with van der Waals surface area (Å²) in [6.45, 7) is 2.78. The number of hydrogen-bond donors (Lipinski definition) is 2. The van der Waals surface area contributed by atoms with Gasteiger partial charge in [0.25, 0.3) is 5.91 Å². The van der Waals surface area contributed by atoms with Gasteiger partial charge in [0, 0.05) is 46.9 Å². The SMILES string of the molecule is COc1cc(N)c(Br)cc1C(=O)NC1CCN(Cc2ccc(Cl)cc2)CC1. The number of anilines is 1. The highest BCUT2D eigenvalue weighted by Crippen LogP contribution is 2.29. The number of nitrogens with one attached hydrogen (secondary N) is 1. The van der Waals surface area contributed by atoms with Crippen LogP contribution in [0, 0.1) is 0 Å². The molecule has 0 aliphatic carbocycles. The third kappa shape index (κ3) is 5.15. The van der Waals surface area contributed by atoms with Crippen molar-refractivity contribution < 1.29 is 9.53 Å². The van der Waals surface area contributed by atoms with Gasteiger partial charge >= 0.3 is 0 Å². The van der Waals surface area contributed by atoms with Crippen LogP contribution >= 0.6 is 27.5 Å². The Balaban J connectivity index is 1.55. The predicted octanol–water partition coefficient (Wildman–Crippen LogP) is 4.09. The highest BCUT2D eigenvalue weighted by atomic mass is 79.9. The molecule has 5 nitrogen and oxygen atoms in total. The number of nitrogen functional groups attached to an aromatic ring is 1. The summed E-state index contributed by atoms with van der Waals surface area (Å²) in [7, 11) is 1.54. The van der Waals surface area contributed by atoms with Crippen molar-refractivity contribution in [3.05, 3.63) is 57.0 Å². The molecule has 1 heterocycles. The summed E-state index contributed by atoms with van der Waals surface area (Å²) < 4.78 is 5.99. The van der Waals surface area contributed by atoms with Crippen LogP contribution in [0.2, 0.25) is 5.02 Å². The first-order chi connectivity index (χ1) is 13.0. The van der Waals surface area contributed by atoms with E-state index in [2.05, 4.69) is 38.3 Å². The molecule has 144 valence electrons. The number of benzene rings is 2. The molecule has 3 N–H and O–H groups in total. The highest BCUT2D eigenvalue weighted by molar-refractivity contribution is 9.10. The van der Waals surface area contributed by atoms with E-state index in [0.717, 1.165) is 37.5 Å². The normalized spacial score (nSPS) is 15.5. The molecule has 0 radical (unpaired) electrons. The molecule has 7 heteroatoms. The molecular formula is C20H23BrClN3O2. The number of carbonyl (C=O) groups excluding carboxylic acids is 1. The van der Waals surface area contributed by atoms with Gasteiger partial charge in [-0.3, -0.25) is 9.69 Å². The quantitative estimate of drug-likeness (QED) is 0.671. The van der Waals surface area contributed by atoms with Crippen molar-refractivity contribution in [3.63, 3.8) is 0 Å². The Hall–Kier alpha value is -1.76. The van der Waals surface area contributed by atoms with Crippen LogP contribution in [0.3, 0.4) is 0 Å². The monoisotopic (exact) mass is 451 g/mol. The van der Waals surface area contributed by atoms with Gasteiger partial charge in [0.15, 0.2) is 0 Å². The Kier molecular flexibility index (Phi) is 6.63. The van der Waals surface area contributed by atoms with Crippen LogP contribution in [0.4, 0.5) is 5.69 Å². The van der Waals surface area contributed by atoms with Crippen molar-refractivity contribution in [2.24, 2.45) is 0 Å². The Bertz CT molecular complexity index is 806. The van der Waals surface area contributed by atoms with Gasteiger partial charge in [0.2, 0.25) is 0 Å². The molecule has 2 aromatic rings. The van der Waals surface area contributed by atoms with Crippen LogP contribution in [0.5, 0.6) is 5.75 Å². The number of hydrogen-bond acceptors (Lipinski definition) is 4. The van der Waals surface area contributed by atoms with Crippen LogP contribution in [0.25, 0.3) is 0 Å². The van der Waals surface area contributed by atoms with Crippen molar-refractivity contribution in [2.75, 3.05) is 25.9 Å². The van der Waals surface area contributed by atoms with E-state index >= 15 is 0 Å². The lowest BCUT2D eigenvalue weighted by Gasteiger charge is -2.32. The van der Waals surface area contributed by atoms with Crippen LogP contribution in [-0.4, -0.2) is 37.0 Å². The molecule has 0 atom stereocenters. The first-order valence-corrected chi connectivity index (χ1v) is 10.0. The lowest BCUT2D eigenvalue weighted by molar-refractivity contribution is 0.0906. The first-order valence-electron chi connectivity index (χ1n) is 8.87. The largest absolute Gasteiger partial charge is 0.496 e. The molecule has 27 heavy (non-hydrogen) atoms. The lowest BCUT2D eigenvalue weighted by atomic mass is 10.0. The number of halogens is 2. The fourth-order valence-electron chi connectivity index (χ4n) is 3.26. The number of nitrogens with two attached hydrogens (primary N) is 1. The van der Waals surface area contributed by atoms with Crippen LogP contribution in [-0.2, 0) is 6.54 Å². The van der Waals surface area contributed by atoms with Gasteiger partial charge in [0.05, 0.1) is 12.7 Å². The second kappa shape index (κ2) is 8.95.